The van der Waals surface area contributed by atoms with E-state index in [9.17, 15) is 14.4 Å². The summed E-state index contributed by atoms with van der Waals surface area (Å²) in [5.41, 5.74) is 11.2. The Balaban J connectivity index is 0.000000311. The van der Waals surface area contributed by atoms with Crippen LogP contribution < -0.4 is 51.4 Å². The first kappa shape index (κ1) is 53.0. The van der Waals surface area contributed by atoms with Crippen LogP contribution in [-0.2, 0) is 0 Å². The van der Waals surface area contributed by atoms with E-state index in [2.05, 4.69) is 57.2 Å². The summed E-state index contributed by atoms with van der Waals surface area (Å²) >= 11 is 0. The van der Waals surface area contributed by atoms with Crippen LogP contribution in [0.5, 0.6) is 28.7 Å². The smallest absolute Gasteiger partial charge is 0.319 e. The quantitative estimate of drug-likeness (QED) is 0.0416. The predicted molar refractivity (Wildman–Crippen MR) is 282 cm³/mol. The Hall–Kier alpha value is -6.93. The Morgan fingerprint density at radius 1 is 0.594 bits per heavy atom. The monoisotopic (exact) mass is 943 g/mol. The van der Waals surface area contributed by atoms with Gasteiger partial charge in [-0.2, -0.15) is 0 Å². The lowest BCUT2D eigenvalue weighted by atomic mass is 10.1. The molecular formula is C55H74N8O6. The van der Waals surface area contributed by atoms with E-state index in [1.807, 2.05) is 100 Å². The molecule has 5 aromatic rings. The number of benzene rings is 5. The van der Waals surface area contributed by atoms with Crippen molar-refractivity contribution in [1.29, 1.82) is 0 Å². The van der Waals surface area contributed by atoms with E-state index in [4.69, 9.17) is 19.9 Å². The van der Waals surface area contributed by atoms with E-state index < -0.39 is 0 Å². The minimum Gasteiger partial charge on any atom is -0.490 e. The largest absolute Gasteiger partial charge is 0.490 e. The highest BCUT2D eigenvalue weighted by atomic mass is 16.5. The van der Waals surface area contributed by atoms with Crippen LogP contribution in [0.4, 0.5) is 38.0 Å². The number of rotatable bonds is 20. The molecule has 370 valence electrons. The molecule has 0 saturated carbocycles. The number of hydrogen-bond donors (Lipinski definition) is 6. The second-order valence-electron chi connectivity index (χ2n) is 17.1. The van der Waals surface area contributed by atoms with Gasteiger partial charge in [0.25, 0.3) is 5.91 Å². The molecular weight excluding hydrogens is 869 g/mol. The molecule has 0 aliphatic carbocycles. The summed E-state index contributed by atoms with van der Waals surface area (Å²) in [5.74, 6) is 2.94. The third-order valence-corrected chi connectivity index (χ3v) is 11.9. The minimum absolute atomic E-state index is 0.128. The van der Waals surface area contributed by atoms with Crippen LogP contribution in [0.1, 0.15) is 102 Å². The lowest BCUT2D eigenvalue weighted by Gasteiger charge is -2.23. The summed E-state index contributed by atoms with van der Waals surface area (Å²) < 4.78 is 17.7. The molecule has 0 atom stereocenters. The third kappa shape index (κ3) is 17.3. The maximum atomic E-state index is 13.0. The zero-order chi connectivity index (χ0) is 49.5. The number of nitrogens with zero attached hydrogens (tertiary/aromatic N) is 2. The molecule has 69 heavy (non-hydrogen) atoms. The molecule has 6 rings (SSSR count). The van der Waals surface area contributed by atoms with E-state index in [1.165, 1.54) is 19.4 Å². The van der Waals surface area contributed by atoms with Crippen molar-refractivity contribution >= 4 is 46.4 Å². The zero-order valence-corrected chi connectivity index (χ0v) is 41.7. The number of amides is 5. The molecule has 0 bridgehead atoms. The Morgan fingerprint density at radius 2 is 1.14 bits per heavy atom. The standard InChI is InChI=1S/C36H49N5O4.C19H25N3O2/c1-5-9-21-40-22-10-23-41(25-24-40)31-16-11-27(12-17-31)35(42)37-29-13-18-32(19-14-29)45-33-20-15-30(26-34(33)44-8-4)39-36(43)38-28(6-2)7-3;1-4-15(5-2)21-19(23)22-16-7-9-17(10-8-16)24-18-11-6-14(20)12-13(18)3/h11-20,26,28H,5-10,21-25H2,1-4H3,(H,37,42)(H2,38,39,43);6-12,15H,4-5,20H2,1-3H3,(H2,21,22,23). The molecule has 1 fully saturated rings. The van der Waals surface area contributed by atoms with Crippen molar-refractivity contribution in [3.05, 3.63) is 120 Å². The number of anilines is 5. The van der Waals surface area contributed by atoms with E-state index in [-0.39, 0.29) is 30.1 Å². The predicted octanol–water partition coefficient (Wildman–Crippen LogP) is 12.4. The average Bonchev–Trinajstić information content (AvgIpc) is 3.60. The number of carbonyl (C=O) groups excluding carboxylic acids is 3. The van der Waals surface area contributed by atoms with Crippen LogP contribution in [0, 0.1) is 6.92 Å². The number of urea groups is 2. The van der Waals surface area contributed by atoms with Gasteiger partial charge in [-0.15, -0.1) is 0 Å². The second-order valence-corrected chi connectivity index (χ2v) is 17.1. The van der Waals surface area contributed by atoms with Crippen LogP contribution in [0.2, 0.25) is 0 Å². The molecule has 0 spiro atoms. The number of hydrogen-bond acceptors (Lipinski definition) is 9. The Morgan fingerprint density at radius 3 is 1.71 bits per heavy atom. The second kappa shape index (κ2) is 27.8. The van der Waals surface area contributed by atoms with Crippen molar-refractivity contribution < 1.29 is 28.6 Å². The van der Waals surface area contributed by atoms with Gasteiger partial charge in [-0.1, -0.05) is 41.0 Å². The van der Waals surface area contributed by atoms with Crippen LogP contribution >= 0.6 is 0 Å². The molecule has 14 heteroatoms. The molecule has 5 amide bonds. The number of nitrogens with two attached hydrogens (primary N) is 1. The first-order chi connectivity index (χ1) is 33.4. The fourth-order valence-corrected chi connectivity index (χ4v) is 7.74. The summed E-state index contributed by atoms with van der Waals surface area (Å²) in [6.45, 7) is 20.2. The molecule has 1 aliphatic heterocycles. The maximum Gasteiger partial charge on any atom is 0.319 e. The number of aryl methyl sites for hydroxylation is 1. The van der Waals surface area contributed by atoms with Gasteiger partial charge in [0.15, 0.2) is 11.5 Å². The van der Waals surface area contributed by atoms with Gasteiger partial charge in [0, 0.05) is 71.8 Å². The van der Waals surface area contributed by atoms with Crippen molar-refractivity contribution in [1.82, 2.24) is 15.5 Å². The number of ether oxygens (including phenoxy) is 3. The highest BCUT2D eigenvalue weighted by Gasteiger charge is 2.17. The van der Waals surface area contributed by atoms with Gasteiger partial charge in [-0.25, -0.2) is 9.59 Å². The lowest BCUT2D eigenvalue weighted by molar-refractivity contribution is 0.102. The molecule has 0 unspecified atom stereocenters. The highest BCUT2D eigenvalue weighted by molar-refractivity contribution is 6.04. The molecule has 1 heterocycles. The van der Waals surface area contributed by atoms with Crippen LogP contribution in [0.15, 0.2) is 109 Å². The van der Waals surface area contributed by atoms with Gasteiger partial charge >= 0.3 is 12.1 Å². The summed E-state index contributed by atoms with van der Waals surface area (Å²) in [5, 5.41) is 14.6. The summed E-state index contributed by atoms with van der Waals surface area (Å²) in [4.78, 5) is 42.3. The molecule has 1 aliphatic rings. The van der Waals surface area contributed by atoms with Crippen molar-refractivity contribution in [3.63, 3.8) is 0 Å². The molecule has 0 radical (unpaired) electrons. The number of carbonyl (C=O) groups is 3. The Bertz CT molecular complexity index is 2350. The van der Waals surface area contributed by atoms with E-state index >= 15 is 0 Å². The van der Waals surface area contributed by atoms with Crippen molar-refractivity contribution in [3.8, 4) is 28.7 Å². The molecule has 0 aromatic heterocycles. The molecule has 14 nitrogen and oxygen atoms in total. The van der Waals surface area contributed by atoms with E-state index in [0.717, 1.165) is 81.0 Å². The molecule has 7 N–H and O–H groups in total. The van der Waals surface area contributed by atoms with Gasteiger partial charge in [-0.05, 0) is 174 Å². The van der Waals surface area contributed by atoms with E-state index in [0.29, 0.717) is 52.2 Å². The SMILES string of the molecule is CCC(CC)NC(=O)Nc1ccc(Oc2ccc(N)cc2C)cc1.CCCCN1CCCN(c2ccc(C(=O)Nc3ccc(Oc4ccc(NC(=O)NC(CC)CC)cc4OCC)cc3)cc2)CC1. The fourth-order valence-electron chi connectivity index (χ4n) is 7.74. The van der Waals surface area contributed by atoms with Gasteiger partial charge in [0.05, 0.1) is 6.61 Å². The fraction of sp³-hybridized carbons (Fsp3) is 0.400. The first-order valence-electron chi connectivity index (χ1n) is 24.7. The normalized spacial score (nSPS) is 12.6. The number of nitrogens with one attached hydrogen (secondary N) is 5. The molecule has 1 saturated heterocycles. The topological polar surface area (TPSA) is 172 Å². The van der Waals surface area contributed by atoms with Crippen molar-refractivity contribution in [2.24, 2.45) is 0 Å². The van der Waals surface area contributed by atoms with Gasteiger partial charge < -0.3 is 56.3 Å². The van der Waals surface area contributed by atoms with Gasteiger partial charge in [-0.3, -0.25) is 4.79 Å². The van der Waals surface area contributed by atoms with Gasteiger partial charge in [0.2, 0.25) is 0 Å². The summed E-state index contributed by atoms with van der Waals surface area (Å²) in [7, 11) is 0. The van der Waals surface area contributed by atoms with Crippen LogP contribution in [-0.4, -0.2) is 74.3 Å². The average molecular weight is 943 g/mol. The number of nitrogen functional groups attached to an aromatic ring is 1. The number of unbranched alkanes of at least 4 members (excludes halogenated alkanes) is 1. The first-order valence-corrected chi connectivity index (χ1v) is 24.7. The summed E-state index contributed by atoms with van der Waals surface area (Å²) in [6, 6.07) is 33.1. The third-order valence-electron chi connectivity index (χ3n) is 11.9. The highest BCUT2D eigenvalue weighted by Crippen LogP contribution is 2.35. The Kier molecular flexibility index (Phi) is 21.3. The zero-order valence-electron chi connectivity index (χ0n) is 41.7. The van der Waals surface area contributed by atoms with E-state index in [1.54, 1.807) is 36.4 Å². The summed E-state index contributed by atoms with van der Waals surface area (Å²) in [6.07, 6.45) is 7.20. The van der Waals surface area contributed by atoms with Gasteiger partial charge in [0.1, 0.15) is 17.2 Å². The van der Waals surface area contributed by atoms with Crippen LogP contribution in [0.25, 0.3) is 0 Å². The minimum atomic E-state index is -0.250. The Labute approximate surface area is 409 Å². The van der Waals surface area contributed by atoms with Crippen LogP contribution in [0.3, 0.4) is 0 Å². The van der Waals surface area contributed by atoms with Crippen molar-refractivity contribution in [2.45, 2.75) is 105 Å². The maximum absolute atomic E-state index is 13.0. The van der Waals surface area contributed by atoms with Crippen molar-refractivity contribution in [2.75, 3.05) is 65.9 Å². The molecule has 5 aromatic carbocycles. The lowest BCUT2D eigenvalue weighted by Crippen LogP contribution is -2.37.